The number of rotatable bonds is 5. The Kier molecular flexibility index (Phi) is 4.50. The van der Waals surface area contributed by atoms with Crippen LogP contribution in [0.3, 0.4) is 0 Å². The molecule has 0 aromatic heterocycles. The zero-order valence-corrected chi connectivity index (χ0v) is 10.6. The predicted molar refractivity (Wildman–Crippen MR) is 70.8 cm³/mol. The summed E-state index contributed by atoms with van der Waals surface area (Å²) >= 11 is 0. The van der Waals surface area contributed by atoms with Gasteiger partial charge in [-0.15, -0.1) is 6.58 Å². The number of halogens is 1. The minimum absolute atomic E-state index is 0.264. The van der Waals surface area contributed by atoms with Crippen molar-refractivity contribution in [2.75, 3.05) is 13.1 Å². The number of hydrogen-bond acceptors (Lipinski definition) is 2. The Morgan fingerprint density at radius 2 is 2.17 bits per heavy atom. The van der Waals surface area contributed by atoms with Gasteiger partial charge in [0, 0.05) is 12.6 Å². The lowest BCUT2D eigenvalue weighted by Crippen LogP contribution is -2.30. The molecule has 18 heavy (non-hydrogen) atoms. The second kappa shape index (κ2) is 6.12. The summed E-state index contributed by atoms with van der Waals surface area (Å²) < 4.78 is 12.8. The van der Waals surface area contributed by atoms with Gasteiger partial charge in [0.1, 0.15) is 5.82 Å². The molecule has 1 aliphatic rings. The van der Waals surface area contributed by atoms with Crippen molar-refractivity contribution in [3.8, 4) is 0 Å². The van der Waals surface area contributed by atoms with Crippen molar-refractivity contribution in [1.29, 1.82) is 0 Å². The van der Waals surface area contributed by atoms with E-state index in [2.05, 4.69) is 11.5 Å². The Hall–Kier alpha value is -1.19. The molecule has 1 heterocycles. The van der Waals surface area contributed by atoms with Crippen molar-refractivity contribution in [3.63, 3.8) is 0 Å². The first-order chi connectivity index (χ1) is 8.70. The average Bonchev–Trinajstić information content (AvgIpc) is 2.78. The van der Waals surface area contributed by atoms with Crippen molar-refractivity contribution in [3.05, 3.63) is 48.3 Å². The topological polar surface area (TPSA) is 23.5 Å². The molecule has 1 aromatic carbocycles. The fourth-order valence-corrected chi connectivity index (χ4v) is 2.65. The van der Waals surface area contributed by atoms with E-state index in [1.807, 2.05) is 6.08 Å². The highest BCUT2D eigenvalue weighted by Gasteiger charge is 2.26. The molecule has 1 N–H and O–H groups in total. The molecule has 1 aromatic rings. The smallest absolute Gasteiger partial charge is 0.123 e. The van der Waals surface area contributed by atoms with Crippen molar-refractivity contribution in [1.82, 2.24) is 4.90 Å². The van der Waals surface area contributed by atoms with Crippen LogP contribution in [-0.4, -0.2) is 29.1 Å². The van der Waals surface area contributed by atoms with Crippen molar-refractivity contribution >= 4 is 0 Å². The maximum atomic E-state index is 12.8. The number of aliphatic hydroxyl groups excluding tert-OH is 1. The zero-order valence-electron chi connectivity index (χ0n) is 10.6. The van der Waals surface area contributed by atoms with Gasteiger partial charge in [-0.1, -0.05) is 18.2 Å². The summed E-state index contributed by atoms with van der Waals surface area (Å²) in [6.07, 6.45) is 4.39. The van der Waals surface area contributed by atoms with Crippen LogP contribution >= 0.6 is 0 Å². The Bertz CT molecular complexity index is 390. The minimum atomic E-state index is -0.513. The average molecular weight is 249 g/mol. The third-order valence-electron chi connectivity index (χ3n) is 3.61. The molecule has 2 nitrogen and oxygen atoms in total. The van der Waals surface area contributed by atoms with Crippen molar-refractivity contribution < 1.29 is 9.50 Å². The first kappa shape index (κ1) is 13.2. The summed E-state index contributed by atoms with van der Waals surface area (Å²) in [6.45, 7) is 5.71. The predicted octanol–water partition coefficient (Wildman–Crippen LogP) is 2.90. The molecule has 0 aliphatic carbocycles. The lowest BCUT2D eigenvalue weighted by atomic mass is 10.0. The van der Waals surface area contributed by atoms with Crippen LogP contribution in [0, 0.1) is 5.82 Å². The van der Waals surface area contributed by atoms with E-state index in [4.69, 9.17) is 0 Å². The van der Waals surface area contributed by atoms with Crippen LogP contribution in [0.15, 0.2) is 36.9 Å². The van der Waals surface area contributed by atoms with Gasteiger partial charge in [-0.25, -0.2) is 4.39 Å². The number of likely N-dealkylation sites (tertiary alicyclic amines) is 1. The molecule has 0 saturated carbocycles. The molecule has 2 unspecified atom stereocenters. The summed E-state index contributed by atoms with van der Waals surface area (Å²) in [7, 11) is 0. The van der Waals surface area contributed by atoms with Crippen LogP contribution in [-0.2, 0) is 0 Å². The van der Waals surface area contributed by atoms with Gasteiger partial charge in [0.2, 0.25) is 0 Å². The highest BCUT2D eigenvalue weighted by atomic mass is 19.1. The highest BCUT2D eigenvalue weighted by Crippen LogP contribution is 2.27. The zero-order chi connectivity index (χ0) is 13.0. The van der Waals surface area contributed by atoms with E-state index in [9.17, 15) is 9.50 Å². The second-order valence-corrected chi connectivity index (χ2v) is 4.88. The molecule has 0 spiro atoms. The molecule has 0 radical (unpaired) electrons. The summed E-state index contributed by atoms with van der Waals surface area (Å²) in [6, 6.07) is 6.52. The number of aliphatic hydroxyl groups is 1. The van der Waals surface area contributed by atoms with Gasteiger partial charge >= 0.3 is 0 Å². The molecule has 98 valence electrons. The second-order valence-electron chi connectivity index (χ2n) is 4.88. The van der Waals surface area contributed by atoms with Gasteiger partial charge in [-0.05, 0) is 43.5 Å². The molecule has 1 aliphatic heterocycles. The molecule has 1 saturated heterocycles. The minimum Gasteiger partial charge on any atom is -0.388 e. The first-order valence-corrected chi connectivity index (χ1v) is 6.49. The van der Waals surface area contributed by atoms with Crippen molar-refractivity contribution in [2.24, 2.45) is 0 Å². The van der Waals surface area contributed by atoms with Crippen molar-refractivity contribution in [2.45, 2.75) is 31.4 Å². The summed E-state index contributed by atoms with van der Waals surface area (Å²) in [4.78, 5) is 2.35. The normalized spacial score (nSPS) is 22.0. The van der Waals surface area contributed by atoms with E-state index in [0.717, 1.165) is 25.1 Å². The monoisotopic (exact) mass is 249 g/mol. The molecule has 2 rings (SSSR count). The van der Waals surface area contributed by atoms with Crippen LogP contribution in [0.5, 0.6) is 0 Å². The largest absolute Gasteiger partial charge is 0.388 e. The number of nitrogens with zero attached hydrogens (tertiary/aromatic N) is 1. The lowest BCUT2D eigenvalue weighted by molar-refractivity contribution is 0.125. The van der Waals surface area contributed by atoms with E-state index < -0.39 is 6.10 Å². The maximum absolute atomic E-state index is 12.8. The highest BCUT2D eigenvalue weighted by molar-refractivity contribution is 5.18. The first-order valence-electron chi connectivity index (χ1n) is 6.49. The summed E-state index contributed by atoms with van der Waals surface area (Å²) in [5.74, 6) is -0.264. The number of benzene rings is 1. The Balaban J connectivity index is 1.96. The molecular weight excluding hydrogens is 229 g/mol. The third-order valence-corrected chi connectivity index (χ3v) is 3.61. The molecule has 0 amide bonds. The van der Waals surface area contributed by atoms with Crippen LogP contribution in [0.1, 0.15) is 30.9 Å². The lowest BCUT2D eigenvalue weighted by Gasteiger charge is -2.25. The van der Waals surface area contributed by atoms with Gasteiger partial charge in [0.25, 0.3) is 0 Å². The quantitative estimate of drug-likeness (QED) is 0.811. The van der Waals surface area contributed by atoms with Gasteiger partial charge in [0.05, 0.1) is 6.10 Å². The molecular formula is C15H20FNO. The molecule has 2 atom stereocenters. The Morgan fingerprint density at radius 1 is 1.44 bits per heavy atom. The number of hydrogen-bond donors (Lipinski definition) is 1. The van der Waals surface area contributed by atoms with E-state index in [1.165, 1.54) is 18.6 Å². The molecule has 0 bridgehead atoms. The molecule has 1 fully saturated rings. The fraction of sp³-hybridized carbons (Fsp3) is 0.467. The van der Waals surface area contributed by atoms with Crippen LogP contribution in [0.4, 0.5) is 4.39 Å². The summed E-state index contributed by atoms with van der Waals surface area (Å²) in [5, 5.41) is 10.2. The van der Waals surface area contributed by atoms with E-state index in [0.29, 0.717) is 12.5 Å². The third kappa shape index (κ3) is 3.18. The van der Waals surface area contributed by atoms with Crippen LogP contribution < -0.4 is 0 Å². The molecule has 3 heteroatoms. The van der Waals surface area contributed by atoms with Gasteiger partial charge in [0.15, 0.2) is 0 Å². The van der Waals surface area contributed by atoms with Crippen LogP contribution in [0.2, 0.25) is 0 Å². The Labute approximate surface area is 108 Å². The van der Waals surface area contributed by atoms with Gasteiger partial charge in [-0.2, -0.15) is 0 Å². The fourth-order valence-electron chi connectivity index (χ4n) is 2.65. The maximum Gasteiger partial charge on any atom is 0.123 e. The van der Waals surface area contributed by atoms with Crippen LogP contribution in [0.25, 0.3) is 0 Å². The Morgan fingerprint density at radius 3 is 2.83 bits per heavy atom. The van der Waals surface area contributed by atoms with Gasteiger partial charge < -0.3 is 5.11 Å². The standard InChI is InChI=1S/C15H20FNO/c1-2-9-17-10-3-4-14(17)11-15(18)12-5-7-13(16)8-6-12/h2,5-8,14-15,18H,1,3-4,9-11H2. The SMILES string of the molecule is C=CCN1CCCC1CC(O)c1ccc(F)cc1. The van der Waals surface area contributed by atoms with E-state index >= 15 is 0 Å². The van der Waals surface area contributed by atoms with E-state index in [-0.39, 0.29) is 5.82 Å². The van der Waals surface area contributed by atoms with E-state index in [1.54, 1.807) is 12.1 Å². The summed E-state index contributed by atoms with van der Waals surface area (Å²) in [5.41, 5.74) is 0.793. The van der Waals surface area contributed by atoms with Gasteiger partial charge in [-0.3, -0.25) is 4.90 Å².